The first-order valence-corrected chi connectivity index (χ1v) is 11.6. The van der Waals surface area contributed by atoms with Crippen molar-refractivity contribution >= 4 is 15.6 Å². The molecule has 0 unspecified atom stereocenters. The Kier molecular flexibility index (Phi) is 5.93. The summed E-state index contributed by atoms with van der Waals surface area (Å²) in [4.78, 5) is 13.2. The molecule has 0 atom stereocenters. The normalized spacial score (nSPS) is 11.2. The molecule has 0 bridgehead atoms. The van der Waals surface area contributed by atoms with Crippen molar-refractivity contribution in [3.8, 4) is 11.5 Å². The summed E-state index contributed by atoms with van der Waals surface area (Å²) in [5.74, 6) is 1.02. The summed E-state index contributed by atoms with van der Waals surface area (Å²) in [6.07, 6.45) is 0. The molecule has 0 aliphatic carbocycles. The third-order valence-corrected chi connectivity index (χ3v) is 6.99. The van der Waals surface area contributed by atoms with Crippen molar-refractivity contribution in [2.45, 2.75) is 23.6 Å². The van der Waals surface area contributed by atoms with Crippen molar-refractivity contribution in [2.24, 2.45) is 0 Å². The van der Waals surface area contributed by atoms with Gasteiger partial charge in [-0.1, -0.05) is 42.0 Å². The van der Waals surface area contributed by atoms with Crippen molar-refractivity contribution in [2.75, 3.05) is 0 Å². The van der Waals surface area contributed by atoms with Gasteiger partial charge in [-0.2, -0.15) is 0 Å². The molecule has 4 aromatic rings. The highest BCUT2D eigenvalue weighted by Crippen LogP contribution is 2.27. The van der Waals surface area contributed by atoms with E-state index in [2.05, 4.69) is 0 Å². The number of ketones is 1. The molecule has 0 saturated heterocycles. The Morgan fingerprint density at radius 2 is 1.16 bits per heavy atom. The zero-order valence-corrected chi connectivity index (χ0v) is 18.6. The average Bonchev–Trinajstić information content (AvgIpc) is 2.80. The van der Waals surface area contributed by atoms with Crippen molar-refractivity contribution < 1.29 is 17.9 Å². The fraction of sp³-hybridized carbons (Fsp3) is 0.0741. The average molecular weight is 443 g/mol. The molecule has 32 heavy (non-hydrogen) atoms. The topological polar surface area (TPSA) is 60.4 Å². The Bertz CT molecular complexity index is 1350. The number of carbonyl (C=O) groups is 1. The number of aryl methyl sites for hydroxylation is 2. The number of hydrogen-bond donors (Lipinski definition) is 0. The summed E-state index contributed by atoms with van der Waals surface area (Å²) in [7, 11) is -3.58. The third kappa shape index (κ3) is 4.48. The van der Waals surface area contributed by atoms with Gasteiger partial charge < -0.3 is 4.74 Å². The highest BCUT2D eigenvalue weighted by atomic mass is 32.2. The van der Waals surface area contributed by atoms with Crippen molar-refractivity contribution in [3.05, 3.63) is 119 Å². The van der Waals surface area contributed by atoms with E-state index in [1.54, 1.807) is 60.7 Å². The van der Waals surface area contributed by atoms with E-state index in [-0.39, 0.29) is 15.6 Å². The van der Waals surface area contributed by atoms with E-state index in [1.807, 2.05) is 38.1 Å². The van der Waals surface area contributed by atoms with Gasteiger partial charge in [0.05, 0.1) is 9.79 Å². The zero-order valence-electron chi connectivity index (χ0n) is 17.8. The number of ether oxygens (including phenoxy) is 1. The van der Waals surface area contributed by atoms with E-state index in [1.165, 1.54) is 12.1 Å². The van der Waals surface area contributed by atoms with Gasteiger partial charge in [-0.05, 0) is 80.1 Å². The summed E-state index contributed by atoms with van der Waals surface area (Å²) in [5.41, 5.74) is 3.18. The van der Waals surface area contributed by atoms with Gasteiger partial charge in [0.15, 0.2) is 5.78 Å². The fourth-order valence-corrected chi connectivity index (χ4v) is 4.59. The van der Waals surface area contributed by atoms with Crippen LogP contribution in [0.1, 0.15) is 27.0 Å². The number of carbonyl (C=O) groups excluding carboxylic acids is 1. The molecule has 0 aliphatic heterocycles. The first kappa shape index (κ1) is 21.5. The van der Waals surface area contributed by atoms with Crippen LogP contribution in [-0.4, -0.2) is 14.2 Å². The monoisotopic (exact) mass is 442 g/mol. The molecule has 0 fully saturated rings. The molecule has 0 heterocycles. The number of sulfone groups is 1. The lowest BCUT2D eigenvalue weighted by molar-refractivity contribution is 0.103. The molecular formula is C27H22O4S. The highest BCUT2D eigenvalue weighted by molar-refractivity contribution is 7.91. The molecule has 0 radical (unpaired) electrons. The van der Waals surface area contributed by atoms with Crippen molar-refractivity contribution in [1.82, 2.24) is 0 Å². The number of hydrogen-bond acceptors (Lipinski definition) is 4. The maximum absolute atomic E-state index is 12.8. The molecule has 5 heteroatoms. The van der Waals surface area contributed by atoms with Gasteiger partial charge >= 0.3 is 0 Å². The maximum atomic E-state index is 12.8. The van der Waals surface area contributed by atoms with Gasteiger partial charge in [-0.15, -0.1) is 0 Å². The predicted molar refractivity (Wildman–Crippen MR) is 124 cm³/mol. The van der Waals surface area contributed by atoms with Gasteiger partial charge in [0.25, 0.3) is 0 Å². The second-order valence-corrected chi connectivity index (χ2v) is 9.51. The van der Waals surface area contributed by atoms with E-state index in [4.69, 9.17) is 4.74 Å². The molecule has 4 nitrogen and oxygen atoms in total. The number of rotatable bonds is 6. The second kappa shape index (κ2) is 8.81. The maximum Gasteiger partial charge on any atom is 0.206 e. The van der Waals surface area contributed by atoms with E-state index < -0.39 is 9.84 Å². The summed E-state index contributed by atoms with van der Waals surface area (Å²) in [6, 6.07) is 27.4. The van der Waals surface area contributed by atoms with Crippen LogP contribution in [0.4, 0.5) is 0 Å². The molecule has 4 aromatic carbocycles. The Labute approximate surface area is 188 Å². The molecule has 0 saturated carbocycles. The molecule has 0 aliphatic rings. The Hall–Kier alpha value is -3.70. The first-order chi connectivity index (χ1) is 15.3. The van der Waals surface area contributed by atoms with E-state index in [9.17, 15) is 13.2 Å². The van der Waals surface area contributed by atoms with Crippen LogP contribution in [0.15, 0.2) is 107 Å². The minimum Gasteiger partial charge on any atom is -0.457 e. The molecule has 0 spiro atoms. The van der Waals surface area contributed by atoms with Crippen molar-refractivity contribution in [1.29, 1.82) is 0 Å². The van der Waals surface area contributed by atoms with Gasteiger partial charge in [0.2, 0.25) is 9.84 Å². The third-order valence-electron chi connectivity index (χ3n) is 5.21. The van der Waals surface area contributed by atoms with Gasteiger partial charge in [-0.3, -0.25) is 4.79 Å². The second-order valence-electron chi connectivity index (χ2n) is 7.56. The molecule has 160 valence electrons. The smallest absolute Gasteiger partial charge is 0.206 e. The van der Waals surface area contributed by atoms with Crippen LogP contribution < -0.4 is 4.74 Å². The van der Waals surface area contributed by atoms with Crippen LogP contribution in [-0.2, 0) is 9.84 Å². The molecular weight excluding hydrogens is 420 g/mol. The summed E-state index contributed by atoms with van der Waals surface area (Å²) >= 11 is 0. The SMILES string of the molecule is Cc1ccc(S(=O)(=O)c2ccc(Oc3ccc(C(=O)c4ccccc4C)cc3)cc2)cc1. The lowest BCUT2D eigenvalue weighted by Gasteiger charge is -2.09. The van der Waals surface area contributed by atoms with Crippen LogP contribution in [0.25, 0.3) is 0 Å². The summed E-state index contributed by atoms with van der Waals surface area (Å²) < 4.78 is 31.4. The van der Waals surface area contributed by atoms with Crippen LogP contribution in [0.3, 0.4) is 0 Å². The van der Waals surface area contributed by atoms with Crippen LogP contribution in [0, 0.1) is 13.8 Å². The first-order valence-electron chi connectivity index (χ1n) is 10.1. The quantitative estimate of drug-likeness (QED) is 0.336. The van der Waals surface area contributed by atoms with Crippen LogP contribution >= 0.6 is 0 Å². The molecule has 4 rings (SSSR count). The van der Waals surface area contributed by atoms with Crippen molar-refractivity contribution in [3.63, 3.8) is 0 Å². The molecule has 0 N–H and O–H groups in total. The van der Waals surface area contributed by atoms with E-state index >= 15 is 0 Å². The van der Waals surface area contributed by atoms with Gasteiger partial charge in [0, 0.05) is 11.1 Å². The lowest BCUT2D eigenvalue weighted by Crippen LogP contribution is -2.03. The van der Waals surface area contributed by atoms with Gasteiger partial charge in [0.1, 0.15) is 11.5 Å². The zero-order chi connectivity index (χ0) is 22.7. The Morgan fingerprint density at radius 3 is 1.72 bits per heavy atom. The Balaban J connectivity index is 1.49. The molecule has 0 amide bonds. The predicted octanol–water partition coefficient (Wildman–Crippen LogP) is 6.16. The van der Waals surface area contributed by atoms with Crippen LogP contribution in [0.5, 0.6) is 11.5 Å². The van der Waals surface area contributed by atoms with Gasteiger partial charge in [-0.25, -0.2) is 8.42 Å². The summed E-state index contributed by atoms with van der Waals surface area (Å²) in [5, 5.41) is 0. The largest absolute Gasteiger partial charge is 0.457 e. The molecule has 0 aromatic heterocycles. The standard InChI is InChI=1S/C27H22O4S/c1-19-7-15-24(16-8-19)32(29,30)25-17-13-23(14-18-25)31-22-11-9-21(10-12-22)27(28)26-6-4-3-5-20(26)2/h3-18H,1-2H3. The van der Waals surface area contributed by atoms with E-state index in [0.29, 0.717) is 22.6 Å². The van der Waals surface area contributed by atoms with E-state index in [0.717, 1.165) is 11.1 Å². The minimum absolute atomic E-state index is 0.0414. The number of benzene rings is 4. The minimum atomic E-state index is -3.58. The highest BCUT2D eigenvalue weighted by Gasteiger charge is 2.17. The fourth-order valence-electron chi connectivity index (χ4n) is 3.33. The summed E-state index contributed by atoms with van der Waals surface area (Å²) in [6.45, 7) is 3.82. The Morgan fingerprint density at radius 1 is 0.656 bits per heavy atom. The lowest BCUT2D eigenvalue weighted by atomic mass is 9.99. The van der Waals surface area contributed by atoms with Crippen LogP contribution in [0.2, 0.25) is 0 Å².